The summed E-state index contributed by atoms with van der Waals surface area (Å²) >= 11 is 0. The van der Waals surface area contributed by atoms with Crippen molar-refractivity contribution >= 4 is 8.80 Å². The summed E-state index contributed by atoms with van der Waals surface area (Å²) in [6.45, 7) is 6.62. The first-order valence-corrected chi connectivity index (χ1v) is 5.83. The molecule has 0 rings (SSSR count). The maximum atomic E-state index is 3.29. The highest BCUT2D eigenvalue weighted by Crippen LogP contribution is 1.93. The van der Waals surface area contributed by atoms with Crippen LogP contribution in [0.1, 0.15) is 26.7 Å². The Balaban J connectivity index is 3.36. The monoisotopic (exact) mass is 139 g/mol. The van der Waals surface area contributed by atoms with E-state index in [0.717, 1.165) is 6.42 Å². The fraction of sp³-hybridized carbons (Fsp3) is 0.750. The van der Waals surface area contributed by atoms with E-state index >= 15 is 0 Å². The molecular formula is C8H15Si. The molecule has 0 amide bonds. The lowest BCUT2D eigenvalue weighted by molar-refractivity contribution is 1.07. The van der Waals surface area contributed by atoms with E-state index in [-0.39, 0.29) is 8.80 Å². The maximum Gasteiger partial charge on any atom is 0.141 e. The predicted octanol–water partition coefficient (Wildman–Crippen LogP) is 2.47. The fourth-order valence-corrected chi connectivity index (χ4v) is 2.03. The van der Waals surface area contributed by atoms with Gasteiger partial charge in [0.1, 0.15) is 8.80 Å². The van der Waals surface area contributed by atoms with Gasteiger partial charge < -0.3 is 0 Å². The molecule has 0 aromatic carbocycles. The van der Waals surface area contributed by atoms with E-state index in [1.54, 1.807) is 0 Å². The highest BCUT2D eigenvalue weighted by atomic mass is 28.3. The Bertz CT molecular complexity index is 107. The van der Waals surface area contributed by atoms with Crippen molar-refractivity contribution in [2.24, 2.45) is 0 Å². The molecule has 0 aliphatic carbocycles. The molecule has 1 heteroatoms. The molecule has 51 valence electrons. The van der Waals surface area contributed by atoms with Crippen LogP contribution in [0.15, 0.2) is 0 Å². The maximum absolute atomic E-state index is 3.29. The van der Waals surface area contributed by atoms with Gasteiger partial charge in [-0.3, -0.25) is 0 Å². The summed E-state index contributed by atoms with van der Waals surface area (Å²) in [5.74, 6) is 3.13. The average Bonchev–Trinajstić information content (AvgIpc) is 1.85. The fourth-order valence-electron chi connectivity index (χ4n) is 0.677. The first kappa shape index (κ1) is 8.78. The molecule has 0 nitrogen and oxygen atoms in total. The van der Waals surface area contributed by atoms with Crippen LogP contribution in [-0.4, -0.2) is 8.80 Å². The van der Waals surface area contributed by atoms with Gasteiger partial charge in [0, 0.05) is 6.42 Å². The summed E-state index contributed by atoms with van der Waals surface area (Å²) in [6.07, 6.45) is 2.31. The Labute approximate surface area is 60.3 Å². The van der Waals surface area contributed by atoms with Crippen molar-refractivity contribution in [2.75, 3.05) is 0 Å². The zero-order valence-electron chi connectivity index (χ0n) is 6.62. The van der Waals surface area contributed by atoms with E-state index in [4.69, 9.17) is 0 Å². The lowest BCUT2D eigenvalue weighted by Gasteiger charge is -1.93. The van der Waals surface area contributed by atoms with Gasteiger partial charge in [-0.05, 0) is 6.04 Å². The zero-order chi connectivity index (χ0) is 7.11. The number of rotatable bonds is 2. The van der Waals surface area contributed by atoms with Gasteiger partial charge in [-0.2, -0.15) is 0 Å². The van der Waals surface area contributed by atoms with Gasteiger partial charge in [0.2, 0.25) is 0 Å². The number of hydrogen-bond acceptors (Lipinski definition) is 0. The first-order chi connectivity index (χ1) is 4.31. The molecule has 0 fully saturated rings. The topological polar surface area (TPSA) is 0 Å². The summed E-state index contributed by atoms with van der Waals surface area (Å²) < 4.78 is 0. The summed E-state index contributed by atoms with van der Waals surface area (Å²) in [5.41, 5.74) is 3.29. The Hall–Kier alpha value is -0.223. The third-order valence-corrected chi connectivity index (χ3v) is 2.96. The molecule has 0 aromatic heterocycles. The van der Waals surface area contributed by atoms with Gasteiger partial charge in [0.25, 0.3) is 0 Å². The second kappa shape index (κ2) is 5.91. The van der Waals surface area contributed by atoms with Crippen LogP contribution in [0.2, 0.25) is 12.6 Å². The van der Waals surface area contributed by atoms with E-state index in [1.807, 2.05) is 0 Å². The minimum atomic E-state index is -0.264. The smallest absolute Gasteiger partial charge is 0.133 e. The van der Waals surface area contributed by atoms with Crippen LogP contribution in [0, 0.1) is 11.5 Å². The third kappa shape index (κ3) is 5.65. The van der Waals surface area contributed by atoms with E-state index in [0.29, 0.717) is 0 Å². The molecule has 0 aliphatic heterocycles. The molecular weight excluding hydrogens is 124 g/mol. The summed E-state index contributed by atoms with van der Waals surface area (Å²) in [6, 6.07) is 1.34. The molecule has 0 spiro atoms. The van der Waals surface area contributed by atoms with Crippen LogP contribution in [0.4, 0.5) is 0 Å². The molecule has 0 unspecified atom stereocenters. The molecule has 9 heavy (non-hydrogen) atoms. The zero-order valence-corrected chi connectivity index (χ0v) is 7.62. The molecule has 0 atom stereocenters. The van der Waals surface area contributed by atoms with Crippen molar-refractivity contribution in [3.05, 3.63) is 0 Å². The summed E-state index contributed by atoms with van der Waals surface area (Å²) in [7, 11) is -0.264. The molecule has 0 N–H and O–H groups in total. The molecule has 1 radical (unpaired) electrons. The minimum Gasteiger partial charge on any atom is -0.133 e. The highest BCUT2D eigenvalue weighted by molar-refractivity contribution is 6.66. The Morgan fingerprint density at radius 2 is 2.00 bits per heavy atom. The largest absolute Gasteiger partial charge is 0.141 e. The Kier molecular flexibility index (Phi) is 5.76. The Morgan fingerprint density at radius 1 is 1.33 bits per heavy atom. The SMILES string of the molecule is CCC#C[Si](C)CCC. The van der Waals surface area contributed by atoms with Gasteiger partial charge in [-0.15, -0.1) is 11.5 Å². The van der Waals surface area contributed by atoms with Gasteiger partial charge in [0.05, 0.1) is 0 Å². The summed E-state index contributed by atoms with van der Waals surface area (Å²) in [5, 5.41) is 0. The third-order valence-electron chi connectivity index (χ3n) is 1.10. The van der Waals surface area contributed by atoms with E-state index in [1.165, 1.54) is 12.5 Å². The first-order valence-electron chi connectivity index (χ1n) is 3.62. The van der Waals surface area contributed by atoms with E-state index < -0.39 is 0 Å². The molecule has 0 bridgehead atoms. The van der Waals surface area contributed by atoms with Crippen molar-refractivity contribution in [1.82, 2.24) is 0 Å². The Morgan fingerprint density at radius 3 is 2.44 bits per heavy atom. The van der Waals surface area contributed by atoms with Crippen molar-refractivity contribution in [3.8, 4) is 11.5 Å². The van der Waals surface area contributed by atoms with Gasteiger partial charge >= 0.3 is 0 Å². The second-order valence-corrected chi connectivity index (χ2v) is 4.50. The lowest BCUT2D eigenvalue weighted by atomic mass is 10.5. The van der Waals surface area contributed by atoms with Crippen molar-refractivity contribution < 1.29 is 0 Å². The van der Waals surface area contributed by atoms with Crippen LogP contribution in [0.3, 0.4) is 0 Å². The van der Waals surface area contributed by atoms with Crippen LogP contribution in [0.25, 0.3) is 0 Å². The van der Waals surface area contributed by atoms with Crippen LogP contribution >= 0.6 is 0 Å². The molecule has 0 saturated carbocycles. The molecule has 0 aliphatic rings. The summed E-state index contributed by atoms with van der Waals surface area (Å²) in [4.78, 5) is 0. The predicted molar refractivity (Wildman–Crippen MR) is 44.8 cm³/mol. The van der Waals surface area contributed by atoms with Gasteiger partial charge in [0.15, 0.2) is 0 Å². The van der Waals surface area contributed by atoms with Crippen LogP contribution < -0.4 is 0 Å². The van der Waals surface area contributed by atoms with Crippen LogP contribution in [-0.2, 0) is 0 Å². The van der Waals surface area contributed by atoms with E-state index in [9.17, 15) is 0 Å². The molecule has 0 heterocycles. The minimum absolute atomic E-state index is 0.264. The normalized spacial score (nSPS) is 8.89. The van der Waals surface area contributed by atoms with Crippen molar-refractivity contribution in [2.45, 2.75) is 39.3 Å². The van der Waals surface area contributed by atoms with Gasteiger partial charge in [-0.1, -0.05) is 26.8 Å². The number of hydrogen-bond donors (Lipinski definition) is 0. The van der Waals surface area contributed by atoms with Crippen molar-refractivity contribution in [3.63, 3.8) is 0 Å². The lowest BCUT2D eigenvalue weighted by Crippen LogP contribution is -2.01. The van der Waals surface area contributed by atoms with Crippen molar-refractivity contribution in [1.29, 1.82) is 0 Å². The highest BCUT2D eigenvalue weighted by Gasteiger charge is 1.95. The van der Waals surface area contributed by atoms with Gasteiger partial charge in [-0.25, -0.2) is 0 Å². The quantitative estimate of drug-likeness (QED) is 0.407. The van der Waals surface area contributed by atoms with Crippen LogP contribution in [0.5, 0.6) is 0 Å². The molecule has 0 saturated heterocycles. The molecule has 0 aromatic rings. The van der Waals surface area contributed by atoms with E-state index in [2.05, 4.69) is 31.9 Å². The average molecular weight is 139 g/mol. The standard InChI is InChI=1S/C8H15Si/c1-4-6-8-9(3)7-5-2/h4-5,7H2,1-3H3. The second-order valence-electron chi connectivity index (χ2n) is 2.19.